The molecule has 118 valence electrons. The molecule has 1 aromatic rings. The number of rotatable bonds is 2. The fraction of sp³-hybridized carbons (Fsp3) is 0.357. The topological polar surface area (TPSA) is 86.2 Å². The van der Waals surface area contributed by atoms with Crippen LogP contribution in [0.15, 0.2) is 18.2 Å². The number of allylic oxidation sites excluding steroid dienone is 2. The molecule has 1 aromatic carbocycles. The molecule has 2 N–H and O–H groups in total. The number of hydrogen-bond donors (Lipinski definition) is 1. The van der Waals surface area contributed by atoms with E-state index in [4.69, 9.17) is 5.73 Å². The van der Waals surface area contributed by atoms with Crippen LogP contribution in [0.1, 0.15) is 30.9 Å². The lowest BCUT2D eigenvalue weighted by Crippen LogP contribution is -2.14. The highest BCUT2D eigenvalue weighted by molar-refractivity contribution is 6.00. The molecule has 5 nitrogen and oxygen atoms in total. The zero-order valence-electron chi connectivity index (χ0n) is 11.6. The molecule has 1 atom stereocenters. The molecule has 0 saturated heterocycles. The van der Waals surface area contributed by atoms with Gasteiger partial charge < -0.3 is 5.73 Å². The summed E-state index contributed by atoms with van der Waals surface area (Å²) in [4.78, 5) is 21.4. The van der Waals surface area contributed by atoms with Crippen LogP contribution < -0.4 is 5.73 Å². The van der Waals surface area contributed by atoms with Gasteiger partial charge in [-0.05, 0) is 30.1 Å². The number of nitro groups is 1. The van der Waals surface area contributed by atoms with Gasteiger partial charge in [0.25, 0.3) is 0 Å². The first kappa shape index (κ1) is 16.0. The summed E-state index contributed by atoms with van der Waals surface area (Å²) in [5, 5.41) is 11.0. The first-order chi connectivity index (χ1) is 10.1. The quantitative estimate of drug-likeness (QED) is 0.513. The highest BCUT2D eigenvalue weighted by atomic mass is 19.4. The predicted octanol–water partition coefficient (Wildman–Crippen LogP) is 3.58. The Kier molecular flexibility index (Phi) is 3.95. The molecule has 0 aromatic heterocycles. The Morgan fingerprint density at radius 1 is 1.32 bits per heavy atom. The molecule has 0 radical (unpaired) electrons. The highest BCUT2D eigenvalue weighted by Crippen LogP contribution is 2.43. The number of carbonyl (C=O) groups is 1. The molecule has 0 amide bonds. The Balaban J connectivity index is 2.63. The van der Waals surface area contributed by atoms with E-state index in [1.54, 1.807) is 0 Å². The highest BCUT2D eigenvalue weighted by Gasteiger charge is 2.40. The van der Waals surface area contributed by atoms with Crippen molar-refractivity contribution in [1.29, 1.82) is 0 Å². The van der Waals surface area contributed by atoms with Crippen LogP contribution in [0.5, 0.6) is 0 Å². The van der Waals surface area contributed by atoms with Crippen molar-refractivity contribution in [1.82, 2.24) is 0 Å². The fourth-order valence-electron chi connectivity index (χ4n) is 2.60. The summed E-state index contributed by atoms with van der Waals surface area (Å²) >= 11 is 0. The zero-order chi connectivity index (χ0) is 16.7. The van der Waals surface area contributed by atoms with E-state index in [0.29, 0.717) is 24.5 Å². The van der Waals surface area contributed by atoms with Crippen LogP contribution in [0.2, 0.25) is 0 Å². The van der Waals surface area contributed by atoms with Crippen molar-refractivity contribution in [2.75, 3.05) is 5.73 Å². The average molecular weight is 314 g/mol. The summed E-state index contributed by atoms with van der Waals surface area (Å²) in [6.07, 6.45) is -2.81. The molecule has 0 heterocycles. The number of nitrogens with zero attached hydrogens (tertiary/aromatic N) is 1. The molecule has 8 heteroatoms. The van der Waals surface area contributed by atoms with E-state index in [1.807, 2.05) is 6.92 Å². The van der Waals surface area contributed by atoms with Crippen LogP contribution in [0.4, 0.5) is 24.5 Å². The van der Waals surface area contributed by atoms with Gasteiger partial charge in [0.2, 0.25) is 0 Å². The number of hydrogen-bond acceptors (Lipinski definition) is 4. The second-order valence-corrected chi connectivity index (χ2v) is 5.33. The van der Waals surface area contributed by atoms with E-state index in [1.165, 1.54) is 6.08 Å². The number of carbonyl (C=O) groups excluding carboxylic acids is 1. The lowest BCUT2D eigenvalue weighted by Gasteiger charge is -2.20. The monoisotopic (exact) mass is 314 g/mol. The van der Waals surface area contributed by atoms with Crippen LogP contribution >= 0.6 is 0 Å². The lowest BCUT2D eigenvalue weighted by atomic mass is 9.85. The van der Waals surface area contributed by atoms with Gasteiger partial charge in [0.15, 0.2) is 5.78 Å². The molecule has 2 rings (SSSR count). The Morgan fingerprint density at radius 2 is 1.95 bits per heavy atom. The van der Waals surface area contributed by atoms with Crippen LogP contribution in [-0.2, 0) is 11.0 Å². The second kappa shape index (κ2) is 5.43. The van der Waals surface area contributed by atoms with Gasteiger partial charge in [-0.3, -0.25) is 14.9 Å². The minimum Gasteiger partial charge on any atom is -0.393 e. The summed E-state index contributed by atoms with van der Waals surface area (Å²) < 4.78 is 38.6. The van der Waals surface area contributed by atoms with Gasteiger partial charge in [0.05, 0.1) is 4.92 Å². The van der Waals surface area contributed by atoms with Gasteiger partial charge >= 0.3 is 11.9 Å². The molecule has 22 heavy (non-hydrogen) atoms. The summed E-state index contributed by atoms with van der Waals surface area (Å²) in [5.74, 6) is -0.163. The minimum absolute atomic E-state index is 0.00764. The molecule has 0 unspecified atom stereocenters. The van der Waals surface area contributed by atoms with Crippen molar-refractivity contribution in [3.8, 4) is 0 Å². The first-order valence-corrected chi connectivity index (χ1v) is 6.49. The Labute approximate surface area is 123 Å². The normalized spacial score (nSPS) is 19.0. The van der Waals surface area contributed by atoms with Gasteiger partial charge in [-0.15, -0.1) is 0 Å². The second-order valence-electron chi connectivity index (χ2n) is 5.33. The number of benzene rings is 1. The third-order valence-corrected chi connectivity index (χ3v) is 3.50. The molecule has 0 spiro atoms. The number of nitrogen functional groups attached to an aromatic ring is 1. The summed E-state index contributed by atoms with van der Waals surface area (Å²) in [5.41, 5.74) is 3.02. The standard InChI is InChI=1S/C14H13F3N2O3/c1-7-4-8(6-9(20)5-7)10-2-3-11(14(15,16)17)13(12(10)18)19(21)22/h2-3,6-7H,4-5,18H2,1H3/t7-/m0/s1. The van der Waals surface area contributed by atoms with E-state index in [2.05, 4.69) is 0 Å². The van der Waals surface area contributed by atoms with Crippen LogP contribution in [0.3, 0.4) is 0 Å². The molecular weight excluding hydrogens is 301 g/mol. The molecule has 0 saturated carbocycles. The lowest BCUT2D eigenvalue weighted by molar-refractivity contribution is -0.387. The van der Waals surface area contributed by atoms with Crippen molar-refractivity contribution >= 4 is 22.7 Å². The number of nitrogens with two attached hydrogens (primary N) is 1. The Morgan fingerprint density at radius 3 is 2.45 bits per heavy atom. The molecule has 1 aliphatic rings. The average Bonchev–Trinajstić information content (AvgIpc) is 2.35. The van der Waals surface area contributed by atoms with Crippen molar-refractivity contribution in [2.45, 2.75) is 25.9 Å². The van der Waals surface area contributed by atoms with Crippen LogP contribution in [-0.4, -0.2) is 10.7 Å². The van der Waals surface area contributed by atoms with Crippen molar-refractivity contribution in [3.05, 3.63) is 39.4 Å². The van der Waals surface area contributed by atoms with Crippen molar-refractivity contribution in [3.63, 3.8) is 0 Å². The van der Waals surface area contributed by atoms with E-state index >= 15 is 0 Å². The summed E-state index contributed by atoms with van der Waals surface area (Å²) in [7, 11) is 0. The SMILES string of the molecule is C[C@@H]1CC(=O)C=C(c2ccc(C(F)(F)F)c([N+](=O)[O-])c2N)C1. The number of ketones is 1. The van der Waals surface area contributed by atoms with E-state index in [0.717, 1.165) is 6.07 Å². The van der Waals surface area contributed by atoms with Crippen molar-refractivity contribution < 1.29 is 22.9 Å². The smallest absolute Gasteiger partial charge is 0.393 e. The number of anilines is 1. The third-order valence-electron chi connectivity index (χ3n) is 3.50. The largest absolute Gasteiger partial charge is 0.423 e. The summed E-state index contributed by atoms with van der Waals surface area (Å²) in [6, 6.07) is 1.72. The predicted molar refractivity (Wildman–Crippen MR) is 73.9 cm³/mol. The van der Waals surface area contributed by atoms with E-state index in [-0.39, 0.29) is 17.3 Å². The maximum absolute atomic E-state index is 12.9. The van der Waals surface area contributed by atoms with Gasteiger partial charge in [-0.25, -0.2) is 0 Å². The van der Waals surface area contributed by atoms with Gasteiger partial charge in [-0.2, -0.15) is 13.2 Å². The third kappa shape index (κ3) is 2.95. The maximum atomic E-state index is 12.9. The van der Waals surface area contributed by atoms with Crippen molar-refractivity contribution in [2.24, 2.45) is 5.92 Å². The van der Waals surface area contributed by atoms with Crippen LogP contribution in [0.25, 0.3) is 5.57 Å². The Hall–Kier alpha value is -2.38. The van der Waals surface area contributed by atoms with Gasteiger partial charge in [0.1, 0.15) is 11.3 Å². The zero-order valence-corrected chi connectivity index (χ0v) is 11.6. The molecule has 0 bridgehead atoms. The molecular formula is C14H13F3N2O3. The van der Waals surface area contributed by atoms with E-state index < -0.39 is 28.0 Å². The molecule has 0 aliphatic heterocycles. The fourth-order valence-corrected chi connectivity index (χ4v) is 2.60. The molecule has 1 aliphatic carbocycles. The number of halogens is 3. The maximum Gasteiger partial charge on any atom is 0.423 e. The minimum atomic E-state index is -4.88. The first-order valence-electron chi connectivity index (χ1n) is 6.49. The van der Waals surface area contributed by atoms with Crippen LogP contribution in [0, 0.1) is 16.0 Å². The Bertz CT molecular complexity index is 681. The summed E-state index contributed by atoms with van der Waals surface area (Å²) in [6.45, 7) is 1.82. The molecule has 0 fully saturated rings. The number of alkyl halides is 3. The van der Waals surface area contributed by atoms with Gasteiger partial charge in [-0.1, -0.05) is 13.0 Å². The van der Waals surface area contributed by atoms with Gasteiger partial charge in [0, 0.05) is 12.0 Å². The number of nitro benzene ring substituents is 1. The van der Waals surface area contributed by atoms with E-state index in [9.17, 15) is 28.1 Å².